The van der Waals surface area contributed by atoms with Crippen LogP contribution in [0.15, 0.2) is 12.2 Å². The molecule has 0 aliphatic heterocycles. The number of rotatable bonds is 4. The van der Waals surface area contributed by atoms with Gasteiger partial charge in [-0.15, -0.1) is 0 Å². The van der Waals surface area contributed by atoms with E-state index in [0.717, 1.165) is 12.5 Å². The second kappa shape index (κ2) is 5.65. The van der Waals surface area contributed by atoms with Crippen LogP contribution in [-0.4, -0.2) is 18.4 Å². The number of ketones is 1. The van der Waals surface area contributed by atoms with Crippen molar-refractivity contribution in [2.45, 2.75) is 20.3 Å². The number of esters is 1. The van der Waals surface area contributed by atoms with E-state index in [4.69, 9.17) is 0 Å². The number of ether oxygens (including phenoxy) is 1. The molecule has 62 valence electrons. The number of carbonyl (C=O) groups is 2. The highest BCUT2D eigenvalue weighted by Crippen LogP contribution is 1.84. The second-order valence-corrected chi connectivity index (χ2v) is 2.11. The third-order valence-electron chi connectivity index (χ3n) is 0.903. The maximum Gasteiger partial charge on any atom is 0.330 e. The lowest BCUT2D eigenvalue weighted by molar-refractivity contribution is -0.137. The number of hydrogen-bond donors (Lipinski definition) is 0. The molecule has 0 spiro atoms. The molecule has 3 nitrogen and oxygen atoms in total. The van der Waals surface area contributed by atoms with Crippen LogP contribution in [0.2, 0.25) is 0 Å². The van der Waals surface area contributed by atoms with Gasteiger partial charge in [-0.2, -0.15) is 0 Å². The van der Waals surface area contributed by atoms with Gasteiger partial charge in [-0.25, -0.2) is 4.79 Å². The zero-order valence-corrected chi connectivity index (χ0v) is 6.79. The van der Waals surface area contributed by atoms with E-state index in [1.807, 2.05) is 6.92 Å². The van der Waals surface area contributed by atoms with E-state index in [2.05, 4.69) is 4.74 Å². The molecule has 11 heavy (non-hydrogen) atoms. The Balaban J connectivity index is 3.60. The van der Waals surface area contributed by atoms with Crippen LogP contribution in [0.3, 0.4) is 0 Å². The van der Waals surface area contributed by atoms with Crippen LogP contribution in [0.1, 0.15) is 20.3 Å². The van der Waals surface area contributed by atoms with Crippen molar-refractivity contribution in [3.63, 3.8) is 0 Å². The molecule has 0 aliphatic rings. The fraction of sp³-hybridized carbons (Fsp3) is 0.500. The molecule has 0 bridgehead atoms. The molecule has 0 aromatic carbocycles. The lowest BCUT2D eigenvalue weighted by Crippen LogP contribution is -2.01. The molecular weight excluding hydrogens is 144 g/mol. The van der Waals surface area contributed by atoms with Crippen LogP contribution >= 0.6 is 0 Å². The van der Waals surface area contributed by atoms with E-state index in [9.17, 15) is 9.59 Å². The molecule has 0 aromatic heterocycles. The van der Waals surface area contributed by atoms with Crippen molar-refractivity contribution in [2.24, 2.45) is 0 Å². The van der Waals surface area contributed by atoms with Gasteiger partial charge in [0.2, 0.25) is 0 Å². The Kier molecular flexibility index (Phi) is 5.07. The zero-order chi connectivity index (χ0) is 8.69. The fourth-order valence-corrected chi connectivity index (χ4v) is 0.436. The minimum absolute atomic E-state index is 0.154. The average Bonchev–Trinajstić information content (AvgIpc) is 1.97. The topological polar surface area (TPSA) is 43.4 Å². The summed E-state index contributed by atoms with van der Waals surface area (Å²) >= 11 is 0. The summed E-state index contributed by atoms with van der Waals surface area (Å²) in [6.45, 7) is 3.69. The molecule has 0 aliphatic carbocycles. The third-order valence-corrected chi connectivity index (χ3v) is 0.903. The SMILES string of the molecule is CCCOC(=O)/C=C/C(C)=O. The zero-order valence-electron chi connectivity index (χ0n) is 6.79. The van der Waals surface area contributed by atoms with Gasteiger partial charge < -0.3 is 4.74 Å². The van der Waals surface area contributed by atoms with E-state index in [0.29, 0.717) is 6.61 Å². The van der Waals surface area contributed by atoms with Gasteiger partial charge in [-0.1, -0.05) is 6.92 Å². The highest BCUT2D eigenvalue weighted by atomic mass is 16.5. The standard InChI is InChI=1S/C8H12O3/c1-3-6-11-8(10)5-4-7(2)9/h4-5H,3,6H2,1-2H3/b5-4+. The molecule has 0 saturated heterocycles. The van der Waals surface area contributed by atoms with E-state index in [-0.39, 0.29) is 5.78 Å². The number of allylic oxidation sites excluding steroid dienone is 1. The lowest BCUT2D eigenvalue weighted by atomic mass is 10.4. The molecule has 0 aromatic rings. The van der Waals surface area contributed by atoms with Crippen molar-refractivity contribution in [2.75, 3.05) is 6.61 Å². The smallest absolute Gasteiger partial charge is 0.330 e. The maximum absolute atomic E-state index is 10.6. The van der Waals surface area contributed by atoms with Gasteiger partial charge in [0.15, 0.2) is 5.78 Å². The maximum atomic E-state index is 10.6. The van der Waals surface area contributed by atoms with Gasteiger partial charge in [0.1, 0.15) is 0 Å². The van der Waals surface area contributed by atoms with Crippen molar-refractivity contribution in [1.29, 1.82) is 0 Å². The fourth-order valence-electron chi connectivity index (χ4n) is 0.436. The van der Waals surface area contributed by atoms with Crippen LogP contribution in [0, 0.1) is 0 Å². The van der Waals surface area contributed by atoms with Crippen LogP contribution < -0.4 is 0 Å². The summed E-state index contributed by atoms with van der Waals surface area (Å²) in [5, 5.41) is 0. The van der Waals surface area contributed by atoms with Gasteiger partial charge in [-0.05, 0) is 19.4 Å². The highest BCUT2D eigenvalue weighted by Gasteiger charge is 1.94. The second-order valence-electron chi connectivity index (χ2n) is 2.11. The van der Waals surface area contributed by atoms with E-state index in [1.165, 1.54) is 13.0 Å². The predicted molar refractivity (Wildman–Crippen MR) is 41.1 cm³/mol. The van der Waals surface area contributed by atoms with Crippen LogP contribution in [-0.2, 0) is 14.3 Å². The van der Waals surface area contributed by atoms with E-state index >= 15 is 0 Å². The summed E-state index contributed by atoms with van der Waals surface area (Å²) in [6.07, 6.45) is 3.12. The predicted octanol–water partition coefficient (Wildman–Crippen LogP) is 1.08. The Hall–Kier alpha value is -1.12. The first-order valence-electron chi connectivity index (χ1n) is 3.52. The molecule has 0 fully saturated rings. The Morgan fingerprint density at radius 3 is 2.45 bits per heavy atom. The first-order chi connectivity index (χ1) is 5.16. The summed E-state index contributed by atoms with van der Waals surface area (Å²) in [6, 6.07) is 0. The van der Waals surface area contributed by atoms with Gasteiger partial charge in [0, 0.05) is 6.08 Å². The molecular formula is C8H12O3. The summed E-state index contributed by atoms with van der Waals surface area (Å²) in [7, 11) is 0. The van der Waals surface area contributed by atoms with Gasteiger partial charge in [-0.3, -0.25) is 4.79 Å². The molecule has 0 atom stereocenters. The molecule has 0 rings (SSSR count). The Bertz CT molecular complexity index is 170. The average molecular weight is 156 g/mol. The largest absolute Gasteiger partial charge is 0.463 e. The van der Waals surface area contributed by atoms with Crippen molar-refractivity contribution >= 4 is 11.8 Å². The van der Waals surface area contributed by atoms with E-state index < -0.39 is 5.97 Å². The summed E-state index contributed by atoms with van der Waals surface area (Å²) in [5.41, 5.74) is 0. The third kappa shape index (κ3) is 6.77. The van der Waals surface area contributed by atoms with Crippen molar-refractivity contribution in [1.82, 2.24) is 0 Å². The normalized spacial score (nSPS) is 10.0. The van der Waals surface area contributed by atoms with E-state index in [1.54, 1.807) is 0 Å². The molecule has 0 N–H and O–H groups in total. The van der Waals surface area contributed by atoms with Crippen LogP contribution in [0.4, 0.5) is 0 Å². The monoisotopic (exact) mass is 156 g/mol. The highest BCUT2D eigenvalue weighted by molar-refractivity contribution is 5.94. The number of carbonyl (C=O) groups excluding carboxylic acids is 2. The van der Waals surface area contributed by atoms with Crippen LogP contribution in [0.25, 0.3) is 0 Å². The van der Waals surface area contributed by atoms with Gasteiger partial charge in [0.05, 0.1) is 6.61 Å². The quantitative estimate of drug-likeness (QED) is 0.452. The van der Waals surface area contributed by atoms with Crippen molar-refractivity contribution < 1.29 is 14.3 Å². The summed E-state index contributed by atoms with van der Waals surface area (Å²) in [4.78, 5) is 21.0. The summed E-state index contributed by atoms with van der Waals surface area (Å²) < 4.78 is 4.66. The Morgan fingerprint density at radius 2 is 2.00 bits per heavy atom. The molecule has 0 unspecified atom stereocenters. The van der Waals surface area contributed by atoms with Crippen molar-refractivity contribution in [3.05, 3.63) is 12.2 Å². The minimum Gasteiger partial charge on any atom is -0.463 e. The molecule has 0 amide bonds. The summed E-state index contributed by atoms with van der Waals surface area (Å²) in [5.74, 6) is -0.611. The van der Waals surface area contributed by atoms with Gasteiger partial charge >= 0.3 is 5.97 Å². The molecule has 3 heteroatoms. The molecule has 0 saturated carbocycles. The molecule has 0 heterocycles. The number of hydrogen-bond acceptors (Lipinski definition) is 3. The Morgan fingerprint density at radius 1 is 1.36 bits per heavy atom. The van der Waals surface area contributed by atoms with Crippen molar-refractivity contribution in [3.8, 4) is 0 Å². The Labute approximate surface area is 66.0 Å². The first-order valence-corrected chi connectivity index (χ1v) is 3.52. The molecule has 0 radical (unpaired) electrons. The minimum atomic E-state index is -0.456. The van der Waals surface area contributed by atoms with Gasteiger partial charge in [0.25, 0.3) is 0 Å². The first kappa shape index (κ1) is 9.88. The van der Waals surface area contributed by atoms with Crippen LogP contribution in [0.5, 0.6) is 0 Å². The lowest BCUT2D eigenvalue weighted by Gasteiger charge is -1.95.